The van der Waals surface area contributed by atoms with Crippen molar-refractivity contribution in [1.82, 2.24) is 20.4 Å². The lowest BCUT2D eigenvalue weighted by molar-refractivity contribution is 0.0278. The Balaban J connectivity index is 2.35. The van der Waals surface area contributed by atoms with Gasteiger partial charge >= 0.3 is 12.2 Å². The molecule has 2 N–H and O–H groups in total. The summed E-state index contributed by atoms with van der Waals surface area (Å²) in [5.74, 6) is 0.947. The summed E-state index contributed by atoms with van der Waals surface area (Å²) >= 11 is 0. The van der Waals surface area contributed by atoms with Gasteiger partial charge in [0, 0.05) is 46.3 Å². The van der Waals surface area contributed by atoms with E-state index in [0.29, 0.717) is 32.8 Å². The van der Waals surface area contributed by atoms with Gasteiger partial charge in [-0.15, -0.1) is 0 Å². The third kappa shape index (κ3) is 9.71. The fraction of sp³-hybridized carbons (Fsp3) is 0.850. The molecule has 1 aliphatic rings. The highest BCUT2D eigenvalue weighted by Crippen LogP contribution is 2.12. The van der Waals surface area contributed by atoms with E-state index in [2.05, 4.69) is 22.5 Å². The number of guanidine groups is 1. The number of amides is 2. The van der Waals surface area contributed by atoms with Crippen LogP contribution in [-0.4, -0.2) is 86.5 Å². The second-order valence-electron chi connectivity index (χ2n) is 8.52. The molecule has 1 fully saturated rings. The highest BCUT2D eigenvalue weighted by atomic mass is 16.6. The van der Waals surface area contributed by atoms with Gasteiger partial charge in [0.1, 0.15) is 5.60 Å². The Hall–Kier alpha value is -2.19. The molecule has 0 radical (unpaired) electrons. The lowest BCUT2D eigenvalue weighted by Gasteiger charge is -2.32. The molecule has 1 unspecified atom stereocenters. The van der Waals surface area contributed by atoms with E-state index in [1.54, 1.807) is 23.9 Å². The van der Waals surface area contributed by atoms with Gasteiger partial charge in [0.2, 0.25) is 0 Å². The van der Waals surface area contributed by atoms with Crippen LogP contribution in [0.5, 0.6) is 0 Å². The second kappa shape index (κ2) is 11.7. The minimum Gasteiger partial charge on any atom is -0.450 e. The average molecular weight is 414 g/mol. The molecule has 1 heterocycles. The number of piperidine rings is 1. The number of carbonyl (C=O) groups excluding carboxylic acids is 2. The Bertz CT molecular complexity index is 554. The largest absolute Gasteiger partial charge is 0.450 e. The Labute approximate surface area is 175 Å². The molecule has 1 saturated heterocycles. The minimum atomic E-state index is -0.498. The summed E-state index contributed by atoms with van der Waals surface area (Å²) < 4.78 is 10.4. The fourth-order valence-electron chi connectivity index (χ4n) is 3.03. The molecule has 0 aromatic rings. The van der Waals surface area contributed by atoms with E-state index in [1.807, 2.05) is 27.7 Å². The summed E-state index contributed by atoms with van der Waals surface area (Å²) in [6, 6.07) is 0.256. The molecule has 9 nitrogen and oxygen atoms in total. The molecule has 0 aromatic carbocycles. The van der Waals surface area contributed by atoms with Crippen molar-refractivity contribution in [2.45, 2.75) is 59.1 Å². The summed E-state index contributed by atoms with van der Waals surface area (Å²) in [5.41, 5.74) is -0.498. The maximum atomic E-state index is 12.1. The van der Waals surface area contributed by atoms with Crippen LogP contribution in [0.2, 0.25) is 0 Å². The number of rotatable bonds is 6. The first-order valence-corrected chi connectivity index (χ1v) is 10.4. The topological polar surface area (TPSA) is 95.5 Å². The standard InChI is InChI=1S/C20H39N5O4/c1-8-28-19(27)25-11-9-16(10-12-25)23-17(21-6)22-13-15(2)14-24(7)18(26)29-20(3,4)5/h15-16H,8-14H2,1-7H3,(H2,21,22,23). The molecule has 0 aliphatic carbocycles. The zero-order valence-electron chi connectivity index (χ0n) is 19.1. The van der Waals surface area contributed by atoms with E-state index >= 15 is 0 Å². The van der Waals surface area contributed by atoms with Crippen LogP contribution in [0.15, 0.2) is 4.99 Å². The van der Waals surface area contributed by atoms with E-state index in [-0.39, 0.29) is 24.1 Å². The van der Waals surface area contributed by atoms with Crippen molar-refractivity contribution in [2.24, 2.45) is 10.9 Å². The van der Waals surface area contributed by atoms with E-state index in [4.69, 9.17) is 9.47 Å². The van der Waals surface area contributed by atoms with Crippen molar-refractivity contribution in [3.05, 3.63) is 0 Å². The third-order valence-electron chi connectivity index (χ3n) is 4.49. The summed E-state index contributed by atoms with van der Waals surface area (Å²) in [5, 5.41) is 6.73. The Morgan fingerprint density at radius 3 is 2.41 bits per heavy atom. The first-order chi connectivity index (χ1) is 13.6. The Kier molecular flexibility index (Phi) is 10.0. The fourth-order valence-corrected chi connectivity index (χ4v) is 3.03. The number of carbonyl (C=O) groups is 2. The molecule has 1 rings (SSSR count). The molecule has 0 aromatic heterocycles. The van der Waals surface area contributed by atoms with E-state index in [0.717, 1.165) is 18.8 Å². The summed E-state index contributed by atoms with van der Waals surface area (Å²) in [4.78, 5) is 31.5. The highest BCUT2D eigenvalue weighted by molar-refractivity contribution is 5.80. The number of ether oxygens (including phenoxy) is 2. The van der Waals surface area contributed by atoms with Gasteiger partial charge in [0.25, 0.3) is 0 Å². The smallest absolute Gasteiger partial charge is 0.410 e. The van der Waals surface area contributed by atoms with Gasteiger partial charge in [-0.3, -0.25) is 4.99 Å². The quantitative estimate of drug-likeness (QED) is 0.512. The normalized spacial score (nSPS) is 16.8. The summed E-state index contributed by atoms with van der Waals surface area (Å²) in [6.45, 7) is 12.5. The first-order valence-electron chi connectivity index (χ1n) is 10.4. The molecule has 0 saturated carbocycles. The van der Waals surface area contributed by atoms with Crippen LogP contribution in [0.1, 0.15) is 47.5 Å². The molecule has 1 aliphatic heterocycles. The molecular formula is C20H39N5O4. The first kappa shape index (κ1) is 24.8. The van der Waals surface area contributed by atoms with Crippen LogP contribution in [-0.2, 0) is 9.47 Å². The number of likely N-dealkylation sites (tertiary alicyclic amines) is 1. The number of hydrogen-bond donors (Lipinski definition) is 2. The van der Waals surface area contributed by atoms with Crippen molar-refractivity contribution in [2.75, 3.05) is 46.9 Å². The molecule has 168 valence electrons. The van der Waals surface area contributed by atoms with E-state index in [1.165, 1.54) is 0 Å². The lowest BCUT2D eigenvalue weighted by atomic mass is 10.1. The predicted molar refractivity (Wildman–Crippen MR) is 114 cm³/mol. The zero-order chi connectivity index (χ0) is 22.0. The van der Waals surface area contributed by atoms with Gasteiger partial charge in [0.05, 0.1) is 6.61 Å². The second-order valence-corrected chi connectivity index (χ2v) is 8.52. The Morgan fingerprint density at radius 1 is 1.28 bits per heavy atom. The van der Waals surface area contributed by atoms with Crippen molar-refractivity contribution in [3.8, 4) is 0 Å². The Morgan fingerprint density at radius 2 is 1.90 bits per heavy atom. The van der Waals surface area contributed by atoms with Crippen LogP contribution in [0.4, 0.5) is 9.59 Å². The van der Waals surface area contributed by atoms with Gasteiger partial charge in [-0.25, -0.2) is 9.59 Å². The van der Waals surface area contributed by atoms with Crippen molar-refractivity contribution in [1.29, 1.82) is 0 Å². The van der Waals surface area contributed by atoms with Gasteiger partial charge in [-0.2, -0.15) is 0 Å². The number of nitrogens with zero attached hydrogens (tertiary/aromatic N) is 3. The van der Waals surface area contributed by atoms with Crippen LogP contribution in [0.3, 0.4) is 0 Å². The summed E-state index contributed by atoms with van der Waals surface area (Å²) in [6.07, 6.45) is 1.13. The van der Waals surface area contributed by atoms with Crippen LogP contribution >= 0.6 is 0 Å². The lowest BCUT2D eigenvalue weighted by Crippen LogP contribution is -2.50. The van der Waals surface area contributed by atoms with E-state index in [9.17, 15) is 9.59 Å². The molecule has 0 spiro atoms. The molecule has 0 bridgehead atoms. The van der Waals surface area contributed by atoms with Crippen LogP contribution in [0.25, 0.3) is 0 Å². The average Bonchev–Trinajstić information content (AvgIpc) is 2.64. The van der Waals surface area contributed by atoms with Gasteiger partial charge in [-0.1, -0.05) is 6.92 Å². The number of nitrogens with one attached hydrogen (secondary N) is 2. The molecule has 9 heteroatoms. The van der Waals surface area contributed by atoms with Crippen LogP contribution in [0, 0.1) is 5.92 Å². The molecular weight excluding hydrogens is 374 g/mol. The molecule has 2 amide bonds. The van der Waals surface area contributed by atoms with Crippen molar-refractivity contribution in [3.63, 3.8) is 0 Å². The predicted octanol–water partition coefficient (Wildman–Crippen LogP) is 2.28. The molecule has 1 atom stereocenters. The highest BCUT2D eigenvalue weighted by Gasteiger charge is 2.24. The maximum absolute atomic E-state index is 12.1. The molecule has 29 heavy (non-hydrogen) atoms. The number of hydrogen-bond acceptors (Lipinski definition) is 5. The third-order valence-corrected chi connectivity index (χ3v) is 4.49. The number of aliphatic imine (C=N–C) groups is 1. The van der Waals surface area contributed by atoms with Gasteiger partial charge in [0.15, 0.2) is 5.96 Å². The van der Waals surface area contributed by atoms with E-state index < -0.39 is 5.60 Å². The van der Waals surface area contributed by atoms with Crippen LogP contribution < -0.4 is 10.6 Å². The minimum absolute atomic E-state index is 0.219. The zero-order valence-corrected chi connectivity index (χ0v) is 19.1. The van der Waals surface area contributed by atoms with Crippen molar-refractivity contribution >= 4 is 18.1 Å². The maximum Gasteiger partial charge on any atom is 0.410 e. The SMILES string of the molecule is CCOC(=O)N1CCC(NC(=NC)NCC(C)CN(C)C(=O)OC(C)(C)C)CC1. The van der Waals surface area contributed by atoms with Crippen molar-refractivity contribution < 1.29 is 19.1 Å². The summed E-state index contributed by atoms with van der Waals surface area (Å²) in [7, 11) is 3.48. The van der Waals surface area contributed by atoms with Gasteiger partial charge in [-0.05, 0) is 46.5 Å². The monoisotopic (exact) mass is 413 g/mol. The van der Waals surface area contributed by atoms with Gasteiger partial charge < -0.3 is 29.9 Å².